The van der Waals surface area contributed by atoms with E-state index >= 15 is 0 Å². The summed E-state index contributed by atoms with van der Waals surface area (Å²) in [7, 11) is 0.0582. The van der Waals surface area contributed by atoms with Crippen LogP contribution in [0.1, 0.15) is 32.7 Å². The van der Waals surface area contributed by atoms with E-state index in [4.69, 9.17) is 0 Å². The Morgan fingerprint density at radius 1 is 0.977 bits per heavy atom. The zero-order valence-electron chi connectivity index (χ0n) is 24.6. The van der Waals surface area contributed by atoms with Crippen LogP contribution in [0.3, 0.4) is 0 Å². The summed E-state index contributed by atoms with van der Waals surface area (Å²) in [6.45, 7) is -0.0832. The highest BCUT2D eigenvalue weighted by Gasteiger charge is 2.52. The molecule has 3 atom stereocenters. The lowest BCUT2D eigenvalue weighted by atomic mass is 10.0. The van der Waals surface area contributed by atoms with Crippen LogP contribution in [-0.2, 0) is 25.8 Å². The van der Waals surface area contributed by atoms with E-state index in [1.54, 1.807) is 42.5 Å². The first-order valence-corrected chi connectivity index (χ1v) is 16.0. The van der Waals surface area contributed by atoms with Gasteiger partial charge in [-0.05, 0) is 60.5 Å². The third-order valence-electron chi connectivity index (χ3n) is 8.11. The first-order valence-electron chi connectivity index (χ1n) is 14.1. The van der Waals surface area contributed by atoms with Gasteiger partial charge in [-0.15, -0.1) is 0 Å². The molecule has 11 nitrogen and oxygen atoms in total. The van der Waals surface area contributed by atoms with Crippen LogP contribution in [0, 0.1) is 0 Å². The van der Waals surface area contributed by atoms with Gasteiger partial charge in [-0.3, -0.25) is 19.2 Å². The molecule has 0 radical (unpaired) electrons. The molecule has 0 saturated carbocycles. The fourth-order valence-electron chi connectivity index (χ4n) is 5.88. The maximum absolute atomic E-state index is 14.1. The molecule has 2 heterocycles. The number of phenolic OH excluding ortho intramolecular Hbond substituents is 1. The number of carbonyl (C=O) groups excluding carboxylic acids is 4. The highest BCUT2D eigenvalue weighted by Crippen LogP contribution is 2.32. The molecule has 3 amide bonds. The fraction of sp³-hybridized carbons (Fsp3) is 0.312. The number of nitrogens with zero attached hydrogens (tertiary/aromatic N) is 3. The van der Waals surface area contributed by atoms with Crippen LogP contribution in [0.4, 0.5) is 5.69 Å². The van der Waals surface area contributed by atoms with Gasteiger partial charge in [-0.2, -0.15) is 0 Å². The third kappa shape index (κ3) is 6.16. The SMILES string of the molecule is CN(C)c1ccc(C(=O)N[C@@H](Cc2ccc(O)cc2)C(=O)N2CC[C@@H]3[C@H]2C(=O)CN3C(=O)c2ccccc2S(C)(=O)=O)cc1. The second-order valence-electron chi connectivity index (χ2n) is 11.3. The molecular weight excluding hydrogens is 584 g/mol. The van der Waals surface area contributed by atoms with E-state index in [1.165, 1.54) is 40.1 Å². The van der Waals surface area contributed by atoms with Crippen LogP contribution in [0.25, 0.3) is 0 Å². The number of hydrogen-bond acceptors (Lipinski definition) is 8. The molecule has 0 bridgehead atoms. The lowest BCUT2D eigenvalue weighted by molar-refractivity contribution is -0.138. The number of amides is 3. The standard InChI is InChI=1S/C32H34N4O7S/c1-34(2)22-12-10-21(11-13-22)30(39)33-25(18-20-8-14-23(37)15-9-20)32(41)35-17-16-26-29(35)27(38)19-36(26)31(40)24-6-4-5-7-28(24)44(3,42)43/h4-15,25-26,29,37H,16-19H2,1-3H3,(H,33,39)/t25-,26+,29-/m0/s1. The fourth-order valence-corrected chi connectivity index (χ4v) is 6.76. The summed E-state index contributed by atoms with van der Waals surface area (Å²) in [5, 5.41) is 12.6. The van der Waals surface area contributed by atoms with Gasteiger partial charge in [0.05, 0.1) is 23.0 Å². The highest BCUT2D eigenvalue weighted by atomic mass is 32.2. The van der Waals surface area contributed by atoms with Gasteiger partial charge in [0.1, 0.15) is 17.8 Å². The Balaban J connectivity index is 1.39. The van der Waals surface area contributed by atoms with Crippen molar-refractivity contribution in [1.29, 1.82) is 0 Å². The predicted molar refractivity (Wildman–Crippen MR) is 163 cm³/mol. The van der Waals surface area contributed by atoms with E-state index in [2.05, 4.69) is 5.32 Å². The number of sulfone groups is 1. The molecule has 2 saturated heterocycles. The summed E-state index contributed by atoms with van der Waals surface area (Å²) in [5.74, 6) is -1.79. The molecule has 12 heteroatoms. The summed E-state index contributed by atoms with van der Waals surface area (Å²) >= 11 is 0. The van der Waals surface area contributed by atoms with Crippen molar-refractivity contribution in [2.75, 3.05) is 38.3 Å². The van der Waals surface area contributed by atoms with Crippen LogP contribution in [0.15, 0.2) is 77.7 Å². The van der Waals surface area contributed by atoms with E-state index < -0.39 is 45.7 Å². The van der Waals surface area contributed by atoms with E-state index in [-0.39, 0.29) is 41.5 Å². The van der Waals surface area contributed by atoms with Crippen LogP contribution in [0.5, 0.6) is 5.75 Å². The second kappa shape index (κ2) is 12.1. The number of nitrogens with one attached hydrogen (secondary N) is 1. The van der Waals surface area contributed by atoms with Gasteiger partial charge < -0.3 is 25.1 Å². The van der Waals surface area contributed by atoms with Crippen LogP contribution >= 0.6 is 0 Å². The summed E-state index contributed by atoms with van der Waals surface area (Å²) in [6, 6.07) is 16.5. The Morgan fingerprint density at radius 3 is 2.27 bits per heavy atom. The van der Waals surface area contributed by atoms with E-state index in [0.717, 1.165) is 11.9 Å². The third-order valence-corrected chi connectivity index (χ3v) is 9.26. The van der Waals surface area contributed by atoms with Gasteiger partial charge in [0.15, 0.2) is 15.6 Å². The first-order chi connectivity index (χ1) is 20.8. The minimum atomic E-state index is -3.71. The Labute approximate surface area is 256 Å². The van der Waals surface area contributed by atoms with Crippen LogP contribution in [-0.4, -0.2) is 98.4 Å². The Kier molecular flexibility index (Phi) is 8.46. The molecule has 0 unspecified atom stereocenters. The van der Waals surface area contributed by atoms with Gasteiger partial charge in [0, 0.05) is 44.6 Å². The summed E-state index contributed by atoms with van der Waals surface area (Å²) < 4.78 is 24.7. The molecular formula is C32H34N4O7S. The zero-order chi connectivity index (χ0) is 31.8. The number of hydrogen-bond donors (Lipinski definition) is 2. The highest BCUT2D eigenvalue weighted by molar-refractivity contribution is 7.90. The monoisotopic (exact) mass is 618 g/mol. The molecule has 0 aliphatic carbocycles. The number of Topliss-reactive ketones (excluding diaryl/α,β-unsaturated/α-hetero) is 1. The number of anilines is 1. The van der Waals surface area contributed by atoms with Gasteiger partial charge in [-0.25, -0.2) is 8.42 Å². The van der Waals surface area contributed by atoms with Gasteiger partial charge in [0.25, 0.3) is 11.8 Å². The van der Waals surface area contributed by atoms with Crippen molar-refractivity contribution in [2.45, 2.75) is 35.9 Å². The van der Waals surface area contributed by atoms with Crippen molar-refractivity contribution >= 4 is 39.0 Å². The van der Waals surface area contributed by atoms with Gasteiger partial charge >= 0.3 is 0 Å². The van der Waals surface area contributed by atoms with Crippen molar-refractivity contribution in [1.82, 2.24) is 15.1 Å². The Morgan fingerprint density at radius 2 is 1.64 bits per heavy atom. The maximum atomic E-state index is 14.1. The number of fused-ring (bicyclic) bond motifs is 1. The number of rotatable bonds is 8. The van der Waals surface area contributed by atoms with E-state index in [0.29, 0.717) is 17.5 Å². The van der Waals surface area contributed by atoms with E-state index in [1.807, 2.05) is 19.0 Å². The molecule has 0 aromatic heterocycles. The van der Waals surface area contributed by atoms with E-state index in [9.17, 15) is 32.7 Å². The van der Waals surface area contributed by atoms with Crippen molar-refractivity contribution in [3.8, 4) is 5.75 Å². The minimum Gasteiger partial charge on any atom is -0.508 e. The lowest BCUT2D eigenvalue weighted by Crippen LogP contribution is -2.53. The number of ketones is 1. The van der Waals surface area contributed by atoms with Crippen molar-refractivity contribution < 1.29 is 32.7 Å². The summed E-state index contributed by atoms with van der Waals surface area (Å²) in [6.07, 6.45) is 1.44. The number of aromatic hydroxyl groups is 1. The van der Waals surface area contributed by atoms with Crippen molar-refractivity contribution in [2.24, 2.45) is 0 Å². The number of benzene rings is 3. The molecule has 2 fully saturated rings. The smallest absolute Gasteiger partial charge is 0.255 e. The minimum absolute atomic E-state index is 0.0222. The van der Waals surface area contributed by atoms with Crippen LogP contribution < -0.4 is 10.2 Å². The summed E-state index contributed by atoms with van der Waals surface area (Å²) in [4.78, 5) is 58.8. The Bertz CT molecular complexity index is 1710. The molecule has 2 aliphatic heterocycles. The lowest BCUT2D eigenvalue weighted by Gasteiger charge is -2.28. The van der Waals surface area contributed by atoms with Crippen LogP contribution in [0.2, 0.25) is 0 Å². The molecule has 44 heavy (non-hydrogen) atoms. The number of phenols is 1. The van der Waals surface area contributed by atoms with Gasteiger partial charge in [-0.1, -0.05) is 24.3 Å². The Hall–Kier alpha value is -4.71. The topological polar surface area (TPSA) is 144 Å². The number of carbonyl (C=O) groups is 4. The van der Waals surface area contributed by atoms with Crippen molar-refractivity contribution in [3.05, 3.63) is 89.5 Å². The molecule has 3 aromatic rings. The molecule has 5 rings (SSSR count). The van der Waals surface area contributed by atoms with Gasteiger partial charge in [0.2, 0.25) is 5.91 Å². The second-order valence-corrected chi connectivity index (χ2v) is 13.3. The average molecular weight is 619 g/mol. The first kappa shape index (κ1) is 30.7. The molecule has 2 N–H and O–H groups in total. The molecule has 0 spiro atoms. The normalized spacial score (nSPS) is 18.6. The molecule has 3 aromatic carbocycles. The zero-order valence-corrected chi connectivity index (χ0v) is 25.5. The number of likely N-dealkylation sites (tertiary alicyclic amines) is 2. The predicted octanol–water partition coefficient (Wildman–Crippen LogP) is 1.90. The largest absolute Gasteiger partial charge is 0.508 e. The average Bonchev–Trinajstić information content (AvgIpc) is 3.58. The van der Waals surface area contributed by atoms with Crippen molar-refractivity contribution in [3.63, 3.8) is 0 Å². The molecule has 230 valence electrons. The quantitative estimate of drug-likeness (QED) is 0.390. The summed E-state index contributed by atoms with van der Waals surface area (Å²) in [5.41, 5.74) is 1.93. The maximum Gasteiger partial charge on any atom is 0.255 e. The molecule has 2 aliphatic rings.